The van der Waals surface area contributed by atoms with Gasteiger partial charge >= 0.3 is 0 Å². The summed E-state index contributed by atoms with van der Waals surface area (Å²) in [5, 5.41) is 0.900. The molecule has 0 fully saturated rings. The van der Waals surface area contributed by atoms with Crippen molar-refractivity contribution in [2.24, 2.45) is 0 Å². The second-order valence-corrected chi connectivity index (χ2v) is 8.52. The van der Waals surface area contributed by atoms with Crippen molar-refractivity contribution in [2.75, 3.05) is 14.2 Å². The van der Waals surface area contributed by atoms with E-state index in [0.717, 1.165) is 16.9 Å². The van der Waals surface area contributed by atoms with Crippen LogP contribution < -0.4 is 19.8 Å². The minimum absolute atomic E-state index is 0.0715. The Balaban J connectivity index is 1.78. The zero-order valence-corrected chi connectivity index (χ0v) is 19.5. The second kappa shape index (κ2) is 8.37. The van der Waals surface area contributed by atoms with E-state index in [1.807, 2.05) is 56.3 Å². The van der Waals surface area contributed by atoms with Crippen LogP contribution in [0.2, 0.25) is 0 Å². The van der Waals surface area contributed by atoms with Crippen LogP contribution in [0.3, 0.4) is 0 Å². The van der Waals surface area contributed by atoms with Crippen molar-refractivity contribution in [3.05, 3.63) is 87.7 Å². The van der Waals surface area contributed by atoms with E-state index in [2.05, 4.69) is 0 Å². The average Bonchev–Trinajstić information content (AvgIpc) is 3.14. The highest BCUT2D eigenvalue weighted by atomic mass is 16.5. The molecule has 1 aliphatic rings. The molecule has 4 aromatic rings. The van der Waals surface area contributed by atoms with E-state index < -0.39 is 0 Å². The maximum absolute atomic E-state index is 14.0. The van der Waals surface area contributed by atoms with Crippen molar-refractivity contribution >= 4 is 16.6 Å². The number of hydrogen-bond acceptors (Lipinski definition) is 5. The molecule has 6 heteroatoms. The number of fused-ring (bicyclic) bond motifs is 5. The normalized spacial score (nSPS) is 12.1. The Bertz CT molecular complexity index is 1480. The Labute approximate surface area is 197 Å². The van der Waals surface area contributed by atoms with Crippen LogP contribution in [-0.4, -0.2) is 30.7 Å². The molecule has 0 radical (unpaired) electrons. The predicted molar refractivity (Wildman–Crippen MR) is 131 cm³/mol. The second-order valence-electron chi connectivity index (χ2n) is 8.52. The Morgan fingerprint density at radius 1 is 0.853 bits per heavy atom. The molecule has 0 atom stereocenters. The molecule has 0 saturated carbocycles. The van der Waals surface area contributed by atoms with Crippen LogP contribution in [0.1, 0.15) is 35.3 Å². The molecule has 6 nitrogen and oxygen atoms in total. The lowest BCUT2D eigenvalue weighted by molar-refractivity contribution is 0.104. The van der Waals surface area contributed by atoms with E-state index in [1.54, 1.807) is 22.8 Å². The van der Waals surface area contributed by atoms with Crippen LogP contribution in [0.4, 0.5) is 0 Å². The lowest BCUT2D eigenvalue weighted by atomic mass is 10.0. The van der Waals surface area contributed by atoms with Gasteiger partial charge in [-0.05, 0) is 43.7 Å². The molecule has 0 spiro atoms. The van der Waals surface area contributed by atoms with Gasteiger partial charge in [0.15, 0.2) is 17.3 Å². The van der Waals surface area contributed by atoms with Crippen molar-refractivity contribution < 1.29 is 19.0 Å². The maximum Gasteiger partial charge on any atom is 0.263 e. The third kappa shape index (κ3) is 3.34. The summed E-state index contributed by atoms with van der Waals surface area (Å²) in [6, 6.07) is 18.6. The standard InChI is InChI=1S/C28H25NO5/c1-16(2)34-18-11-9-17(10-12-18)15-29-25-19-7-5-6-8-20(19)26(30)23(25)21-13-14-22(32-3)27(33-4)24(21)28(29)31/h5-14,16H,15H2,1-4H3. The van der Waals surface area contributed by atoms with E-state index in [0.29, 0.717) is 45.6 Å². The number of ether oxygens (including phenoxy) is 3. The Hall–Kier alpha value is -4.06. The van der Waals surface area contributed by atoms with Gasteiger partial charge in [0.1, 0.15) is 5.75 Å². The summed E-state index contributed by atoms with van der Waals surface area (Å²) in [5.41, 5.74) is 3.17. The molecule has 1 aliphatic carbocycles. The highest BCUT2D eigenvalue weighted by Crippen LogP contribution is 2.43. The van der Waals surface area contributed by atoms with Crippen LogP contribution in [0.25, 0.3) is 22.0 Å². The van der Waals surface area contributed by atoms with Gasteiger partial charge < -0.3 is 18.8 Å². The number of pyridine rings is 1. The third-order valence-electron chi connectivity index (χ3n) is 6.07. The van der Waals surface area contributed by atoms with Crippen molar-refractivity contribution in [1.29, 1.82) is 0 Å². The zero-order valence-electron chi connectivity index (χ0n) is 19.5. The van der Waals surface area contributed by atoms with Gasteiger partial charge in [0.2, 0.25) is 0 Å². The van der Waals surface area contributed by atoms with E-state index >= 15 is 0 Å². The molecule has 0 N–H and O–H groups in total. The fourth-order valence-electron chi connectivity index (χ4n) is 4.66. The fourth-order valence-corrected chi connectivity index (χ4v) is 4.66. The number of aromatic nitrogens is 1. The largest absolute Gasteiger partial charge is 0.493 e. The molecule has 0 aliphatic heterocycles. The Morgan fingerprint density at radius 2 is 1.56 bits per heavy atom. The molecule has 0 saturated heterocycles. The number of rotatable bonds is 6. The minimum atomic E-state index is -0.239. The first-order valence-corrected chi connectivity index (χ1v) is 11.2. The number of benzene rings is 3. The number of ketones is 1. The molecule has 3 aromatic carbocycles. The summed E-state index contributed by atoms with van der Waals surface area (Å²) in [5.74, 6) is 1.43. The number of hydrogen-bond donors (Lipinski definition) is 0. The van der Waals surface area contributed by atoms with Crippen molar-refractivity contribution in [2.45, 2.75) is 26.5 Å². The summed E-state index contributed by atoms with van der Waals surface area (Å²) in [4.78, 5) is 27.5. The smallest absolute Gasteiger partial charge is 0.263 e. The highest BCUT2D eigenvalue weighted by molar-refractivity contribution is 6.27. The first kappa shape index (κ1) is 21.8. The summed E-state index contributed by atoms with van der Waals surface area (Å²) in [6.07, 6.45) is 0.0715. The molecule has 172 valence electrons. The molecule has 5 rings (SSSR count). The first-order valence-electron chi connectivity index (χ1n) is 11.2. The van der Waals surface area contributed by atoms with Gasteiger partial charge in [-0.15, -0.1) is 0 Å². The molecule has 1 aromatic heterocycles. The molecule has 0 amide bonds. The SMILES string of the molecule is COc1ccc2c3c(n(Cc4ccc(OC(C)C)cc4)c(=O)c2c1OC)-c1ccccc1C3=O. The van der Waals surface area contributed by atoms with Gasteiger partial charge in [-0.25, -0.2) is 0 Å². The van der Waals surface area contributed by atoms with Gasteiger partial charge in [0, 0.05) is 16.5 Å². The van der Waals surface area contributed by atoms with Crippen LogP contribution >= 0.6 is 0 Å². The first-order chi connectivity index (χ1) is 16.4. The lowest BCUT2D eigenvalue weighted by Gasteiger charge is -2.18. The molecule has 0 unspecified atom stereocenters. The minimum Gasteiger partial charge on any atom is -0.493 e. The Morgan fingerprint density at radius 3 is 2.21 bits per heavy atom. The zero-order chi connectivity index (χ0) is 24.0. The van der Waals surface area contributed by atoms with E-state index in [-0.39, 0.29) is 17.4 Å². The van der Waals surface area contributed by atoms with Crippen LogP contribution in [0.5, 0.6) is 17.2 Å². The van der Waals surface area contributed by atoms with Crippen molar-refractivity contribution in [3.8, 4) is 28.5 Å². The molecule has 34 heavy (non-hydrogen) atoms. The quantitative estimate of drug-likeness (QED) is 0.358. The molecule has 0 bridgehead atoms. The summed E-state index contributed by atoms with van der Waals surface area (Å²) in [6.45, 7) is 4.24. The van der Waals surface area contributed by atoms with Crippen molar-refractivity contribution in [3.63, 3.8) is 0 Å². The van der Waals surface area contributed by atoms with Gasteiger partial charge in [0.05, 0.1) is 43.5 Å². The number of methoxy groups -OCH3 is 2. The maximum atomic E-state index is 14.0. The number of nitrogens with zero attached hydrogens (tertiary/aromatic N) is 1. The number of carbonyl (C=O) groups is 1. The third-order valence-corrected chi connectivity index (χ3v) is 6.07. The van der Waals surface area contributed by atoms with E-state index in [9.17, 15) is 9.59 Å². The van der Waals surface area contributed by atoms with Crippen LogP contribution in [0, 0.1) is 0 Å². The summed E-state index contributed by atoms with van der Waals surface area (Å²) < 4.78 is 18.4. The van der Waals surface area contributed by atoms with Crippen LogP contribution in [-0.2, 0) is 6.54 Å². The van der Waals surface area contributed by atoms with Gasteiger partial charge in [-0.2, -0.15) is 0 Å². The number of carbonyl (C=O) groups excluding carboxylic acids is 1. The highest BCUT2D eigenvalue weighted by Gasteiger charge is 2.33. The van der Waals surface area contributed by atoms with Gasteiger partial charge in [-0.1, -0.05) is 36.4 Å². The fraction of sp³-hybridized carbons (Fsp3) is 0.214. The van der Waals surface area contributed by atoms with Crippen molar-refractivity contribution in [1.82, 2.24) is 4.57 Å². The average molecular weight is 456 g/mol. The molecule has 1 heterocycles. The van der Waals surface area contributed by atoms with E-state index in [4.69, 9.17) is 14.2 Å². The lowest BCUT2D eigenvalue weighted by Crippen LogP contribution is -2.24. The van der Waals surface area contributed by atoms with E-state index in [1.165, 1.54) is 14.2 Å². The summed E-state index contributed by atoms with van der Waals surface area (Å²) >= 11 is 0. The molecular weight excluding hydrogens is 430 g/mol. The van der Waals surface area contributed by atoms with Crippen LogP contribution in [0.15, 0.2) is 65.5 Å². The van der Waals surface area contributed by atoms with Gasteiger partial charge in [-0.3, -0.25) is 9.59 Å². The topological polar surface area (TPSA) is 66.8 Å². The Kier molecular flexibility index (Phi) is 5.36. The van der Waals surface area contributed by atoms with Gasteiger partial charge in [0.25, 0.3) is 5.56 Å². The predicted octanol–water partition coefficient (Wildman–Crippen LogP) is 5.07. The molecular formula is C28H25NO5. The summed E-state index contributed by atoms with van der Waals surface area (Å²) in [7, 11) is 3.02. The monoisotopic (exact) mass is 455 g/mol.